The van der Waals surface area contributed by atoms with Crippen LogP contribution < -0.4 is 4.90 Å². The van der Waals surface area contributed by atoms with Crippen molar-refractivity contribution in [2.24, 2.45) is 0 Å². The number of aromatic nitrogens is 4. The molecule has 0 bridgehead atoms. The molecule has 1 aliphatic rings. The van der Waals surface area contributed by atoms with Gasteiger partial charge in [0.15, 0.2) is 0 Å². The van der Waals surface area contributed by atoms with E-state index in [1.165, 1.54) is 25.0 Å². The highest BCUT2D eigenvalue weighted by Crippen LogP contribution is 2.30. The predicted octanol–water partition coefficient (Wildman–Crippen LogP) is 1.99. The van der Waals surface area contributed by atoms with E-state index in [1.54, 1.807) is 0 Å². The van der Waals surface area contributed by atoms with Crippen LogP contribution in [0.2, 0.25) is 0 Å². The molecule has 0 radical (unpaired) electrons. The van der Waals surface area contributed by atoms with E-state index < -0.39 is 0 Å². The van der Waals surface area contributed by atoms with Crippen molar-refractivity contribution >= 4 is 5.95 Å². The molecule has 1 aliphatic heterocycles. The molecule has 1 fully saturated rings. The van der Waals surface area contributed by atoms with E-state index in [9.17, 15) is 0 Å². The summed E-state index contributed by atoms with van der Waals surface area (Å²) in [5.41, 5.74) is 2.37. The Hall–Kier alpha value is -1.95. The average Bonchev–Trinajstić information content (AvgIpc) is 3.02. The van der Waals surface area contributed by atoms with Crippen LogP contribution in [0, 0.1) is 0 Å². The molecule has 21 heavy (non-hydrogen) atoms. The Labute approximate surface area is 125 Å². The van der Waals surface area contributed by atoms with Gasteiger partial charge >= 0.3 is 0 Å². The van der Waals surface area contributed by atoms with Gasteiger partial charge in [-0.15, -0.1) is 0 Å². The van der Waals surface area contributed by atoms with Crippen LogP contribution in [0.5, 0.6) is 0 Å². The third-order valence-electron chi connectivity index (χ3n) is 3.97. The maximum atomic E-state index is 4.40. The topological polar surface area (TPSA) is 60.9 Å². The number of anilines is 1. The number of likely N-dealkylation sites (tertiary alicyclic amines) is 1. The highest BCUT2D eigenvalue weighted by atomic mass is 15.2. The smallest absolute Gasteiger partial charge is 0.224 e. The van der Waals surface area contributed by atoms with Gasteiger partial charge in [-0.3, -0.25) is 10.00 Å². The molecule has 1 atom stereocenters. The van der Waals surface area contributed by atoms with Crippen molar-refractivity contribution in [3.8, 4) is 0 Å². The first-order valence-corrected chi connectivity index (χ1v) is 7.45. The second kappa shape index (κ2) is 6.22. The normalized spacial score (nSPS) is 19.6. The first-order valence-electron chi connectivity index (χ1n) is 7.45. The molecule has 1 N–H and O–H groups in total. The maximum Gasteiger partial charge on any atom is 0.224 e. The SMILES string of the molecule is CN(C)c1ncc(CN2CCCCC2c2ccn[nH]2)cn1. The molecule has 2 aromatic heterocycles. The lowest BCUT2D eigenvalue weighted by atomic mass is 9.99. The molecule has 0 spiro atoms. The van der Waals surface area contributed by atoms with Gasteiger partial charge in [0.1, 0.15) is 0 Å². The van der Waals surface area contributed by atoms with Crippen LogP contribution >= 0.6 is 0 Å². The average molecular weight is 286 g/mol. The Balaban J connectivity index is 1.72. The number of rotatable bonds is 4. The van der Waals surface area contributed by atoms with Crippen molar-refractivity contribution < 1.29 is 0 Å². The van der Waals surface area contributed by atoms with E-state index in [4.69, 9.17) is 0 Å². The van der Waals surface area contributed by atoms with Gasteiger partial charge in [-0.2, -0.15) is 5.10 Å². The van der Waals surface area contributed by atoms with Gasteiger partial charge in [-0.1, -0.05) is 6.42 Å². The van der Waals surface area contributed by atoms with Crippen LogP contribution in [-0.4, -0.2) is 45.7 Å². The highest BCUT2D eigenvalue weighted by molar-refractivity contribution is 5.26. The van der Waals surface area contributed by atoms with E-state index in [-0.39, 0.29) is 0 Å². The minimum atomic E-state index is 0.426. The van der Waals surface area contributed by atoms with Crippen LogP contribution in [0.4, 0.5) is 5.95 Å². The third kappa shape index (κ3) is 3.21. The molecular formula is C15H22N6. The number of H-pyrrole nitrogens is 1. The van der Waals surface area contributed by atoms with Crippen molar-refractivity contribution in [3.05, 3.63) is 35.9 Å². The molecule has 0 saturated carbocycles. The van der Waals surface area contributed by atoms with Crippen molar-refractivity contribution in [1.82, 2.24) is 25.1 Å². The van der Waals surface area contributed by atoms with Gasteiger partial charge in [0.2, 0.25) is 5.95 Å². The molecule has 3 heterocycles. The Morgan fingerprint density at radius 3 is 2.76 bits per heavy atom. The molecule has 0 aromatic carbocycles. The summed E-state index contributed by atoms with van der Waals surface area (Å²) >= 11 is 0. The van der Waals surface area contributed by atoms with Crippen molar-refractivity contribution in [1.29, 1.82) is 0 Å². The number of hydrogen-bond acceptors (Lipinski definition) is 5. The van der Waals surface area contributed by atoms with E-state index >= 15 is 0 Å². The fourth-order valence-corrected chi connectivity index (χ4v) is 2.88. The van der Waals surface area contributed by atoms with Gasteiger partial charge in [0, 0.05) is 44.8 Å². The summed E-state index contributed by atoms with van der Waals surface area (Å²) in [5.74, 6) is 0.752. The zero-order valence-corrected chi connectivity index (χ0v) is 12.7. The second-order valence-electron chi connectivity index (χ2n) is 5.78. The molecule has 1 unspecified atom stereocenters. The van der Waals surface area contributed by atoms with Crippen molar-refractivity contribution in [2.75, 3.05) is 25.5 Å². The summed E-state index contributed by atoms with van der Waals surface area (Å²) in [6, 6.07) is 2.50. The van der Waals surface area contributed by atoms with Crippen LogP contribution in [0.25, 0.3) is 0 Å². The largest absolute Gasteiger partial charge is 0.347 e. The molecule has 3 rings (SSSR count). The zero-order chi connectivity index (χ0) is 14.7. The molecular weight excluding hydrogens is 264 g/mol. The lowest BCUT2D eigenvalue weighted by Gasteiger charge is -2.34. The van der Waals surface area contributed by atoms with Gasteiger partial charge in [0.25, 0.3) is 0 Å². The number of nitrogens with zero attached hydrogens (tertiary/aromatic N) is 5. The summed E-state index contributed by atoms with van der Waals surface area (Å²) < 4.78 is 0. The minimum Gasteiger partial charge on any atom is -0.347 e. The maximum absolute atomic E-state index is 4.40. The summed E-state index contributed by atoms with van der Waals surface area (Å²) in [6.45, 7) is 2.00. The number of piperidine rings is 1. The Morgan fingerprint density at radius 1 is 1.29 bits per heavy atom. The summed E-state index contributed by atoms with van der Waals surface area (Å²) in [7, 11) is 3.90. The van der Waals surface area contributed by atoms with E-state index in [0.717, 1.165) is 24.6 Å². The van der Waals surface area contributed by atoms with Crippen LogP contribution in [-0.2, 0) is 6.54 Å². The van der Waals surface area contributed by atoms with E-state index in [0.29, 0.717) is 6.04 Å². The van der Waals surface area contributed by atoms with Gasteiger partial charge in [0.05, 0.1) is 11.7 Å². The molecule has 2 aromatic rings. The minimum absolute atomic E-state index is 0.426. The molecule has 112 valence electrons. The van der Waals surface area contributed by atoms with Gasteiger partial charge < -0.3 is 4.90 Å². The Bertz CT molecular complexity index is 548. The van der Waals surface area contributed by atoms with Crippen LogP contribution in [0.3, 0.4) is 0 Å². The predicted molar refractivity (Wildman–Crippen MR) is 81.9 cm³/mol. The van der Waals surface area contributed by atoms with Crippen molar-refractivity contribution in [3.63, 3.8) is 0 Å². The van der Waals surface area contributed by atoms with Gasteiger partial charge in [-0.05, 0) is 25.5 Å². The van der Waals surface area contributed by atoms with E-state index in [2.05, 4.69) is 31.1 Å². The number of nitrogens with one attached hydrogen (secondary N) is 1. The summed E-state index contributed by atoms with van der Waals surface area (Å²) in [4.78, 5) is 13.2. The number of hydrogen-bond donors (Lipinski definition) is 1. The van der Waals surface area contributed by atoms with Crippen LogP contribution in [0.1, 0.15) is 36.6 Å². The lowest BCUT2D eigenvalue weighted by Crippen LogP contribution is -2.33. The molecule has 0 amide bonds. The van der Waals surface area contributed by atoms with Crippen LogP contribution in [0.15, 0.2) is 24.7 Å². The third-order valence-corrected chi connectivity index (χ3v) is 3.97. The monoisotopic (exact) mass is 286 g/mol. The molecule has 6 heteroatoms. The second-order valence-corrected chi connectivity index (χ2v) is 5.78. The molecule has 6 nitrogen and oxygen atoms in total. The Morgan fingerprint density at radius 2 is 2.10 bits per heavy atom. The molecule has 1 saturated heterocycles. The summed E-state index contributed by atoms with van der Waals surface area (Å²) in [6.07, 6.45) is 9.40. The fraction of sp³-hybridized carbons (Fsp3) is 0.533. The van der Waals surface area contributed by atoms with E-state index in [1.807, 2.05) is 37.6 Å². The summed E-state index contributed by atoms with van der Waals surface area (Å²) in [5, 5.41) is 7.21. The quantitative estimate of drug-likeness (QED) is 0.931. The first-order chi connectivity index (χ1) is 10.2. The van der Waals surface area contributed by atoms with Gasteiger partial charge in [-0.25, -0.2) is 9.97 Å². The molecule has 0 aliphatic carbocycles. The highest BCUT2D eigenvalue weighted by Gasteiger charge is 2.25. The lowest BCUT2D eigenvalue weighted by molar-refractivity contribution is 0.137. The fourth-order valence-electron chi connectivity index (χ4n) is 2.88. The van der Waals surface area contributed by atoms with Crippen molar-refractivity contribution in [2.45, 2.75) is 31.8 Å². The zero-order valence-electron chi connectivity index (χ0n) is 12.7. The first kappa shape index (κ1) is 14.0. The number of aromatic amines is 1. The standard InChI is InChI=1S/C15H22N6/c1-20(2)15-16-9-12(10-17-15)11-21-8-4-3-5-14(21)13-6-7-18-19-13/h6-7,9-10,14H,3-5,8,11H2,1-2H3,(H,18,19). The Kier molecular flexibility index (Phi) is 4.15.